The van der Waals surface area contributed by atoms with Crippen LogP contribution in [-0.4, -0.2) is 25.8 Å². The van der Waals surface area contributed by atoms with Gasteiger partial charge < -0.3 is 4.74 Å². The van der Waals surface area contributed by atoms with Gasteiger partial charge in [0.25, 0.3) is 0 Å². The van der Waals surface area contributed by atoms with Crippen LogP contribution >= 0.6 is 0 Å². The number of carbonyl (C=O) groups excluding carboxylic acids is 1. The van der Waals surface area contributed by atoms with E-state index in [1.54, 1.807) is 0 Å². The van der Waals surface area contributed by atoms with Gasteiger partial charge >= 0.3 is 12.1 Å². The lowest BCUT2D eigenvalue weighted by molar-refractivity contribution is -0.154. The maximum atomic E-state index is 13.7. The molecule has 0 saturated carbocycles. The van der Waals surface area contributed by atoms with E-state index in [4.69, 9.17) is 0 Å². The SMILES string of the molecule is COC(=O)C1(NCC(F)(F)F)CCc2c(F)cccc21. The van der Waals surface area contributed by atoms with Gasteiger partial charge in [-0.05, 0) is 30.0 Å². The zero-order valence-corrected chi connectivity index (χ0v) is 10.7. The summed E-state index contributed by atoms with van der Waals surface area (Å²) in [4.78, 5) is 12.0. The van der Waals surface area contributed by atoms with Crippen molar-refractivity contribution in [2.24, 2.45) is 0 Å². The predicted molar refractivity (Wildman–Crippen MR) is 62.5 cm³/mol. The van der Waals surface area contributed by atoms with Crippen LogP contribution in [0.5, 0.6) is 0 Å². The summed E-state index contributed by atoms with van der Waals surface area (Å²) in [5.41, 5.74) is -1.16. The lowest BCUT2D eigenvalue weighted by Gasteiger charge is -2.29. The van der Waals surface area contributed by atoms with Gasteiger partial charge in [-0.15, -0.1) is 0 Å². The molecule has 0 bridgehead atoms. The molecular formula is C13H13F4NO2. The van der Waals surface area contributed by atoms with Gasteiger partial charge in [-0.2, -0.15) is 13.2 Å². The largest absolute Gasteiger partial charge is 0.467 e. The molecule has 1 aliphatic rings. The van der Waals surface area contributed by atoms with E-state index in [0.717, 1.165) is 7.11 Å². The first-order valence-corrected chi connectivity index (χ1v) is 5.98. The van der Waals surface area contributed by atoms with E-state index in [1.165, 1.54) is 18.2 Å². The Balaban J connectivity index is 2.42. The molecule has 0 amide bonds. The van der Waals surface area contributed by atoms with E-state index in [9.17, 15) is 22.4 Å². The van der Waals surface area contributed by atoms with Crippen molar-refractivity contribution in [1.29, 1.82) is 0 Å². The molecule has 0 aliphatic heterocycles. The van der Waals surface area contributed by atoms with Crippen molar-refractivity contribution in [3.8, 4) is 0 Å². The number of carbonyl (C=O) groups is 1. The number of hydrogen-bond donors (Lipinski definition) is 1. The highest BCUT2D eigenvalue weighted by atomic mass is 19.4. The molecule has 1 unspecified atom stereocenters. The van der Waals surface area contributed by atoms with Crippen LogP contribution in [0.4, 0.5) is 17.6 Å². The number of hydrogen-bond acceptors (Lipinski definition) is 3. The highest BCUT2D eigenvalue weighted by molar-refractivity contribution is 5.84. The maximum Gasteiger partial charge on any atom is 0.401 e. The first-order chi connectivity index (χ1) is 9.30. The van der Waals surface area contributed by atoms with Gasteiger partial charge in [0.2, 0.25) is 0 Å². The molecule has 0 heterocycles. The third kappa shape index (κ3) is 2.49. The lowest BCUT2D eigenvalue weighted by Crippen LogP contribution is -2.51. The maximum absolute atomic E-state index is 13.7. The fraction of sp³-hybridized carbons (Fsp3) is 0.462. The quantitative estimate of drug-likeness (QED) is 0.686. The normalized spacial score (nSPS) is 21.6. The molecule has 1 aromatic rings. The van der Waals surface area contributed by atoms with Gasteiger partial charge in [-0.1, -0.05) is 12.1 Å². The summed E-state index contributed by atoms with van der Waals surface area (Å²) in [5.74, 6) is -1.37. The molecule has 0 aromatic heterocycles. The van der Waals surface area contributed by atoms with E-state index in [1.807, 2.05) is 0 Å². The minimum Gasteiger partial charge on any atom is -0.467 e. The minimum atomic E-state index is -4.48. The van der Waals surface area contributed by atoms with E-state index < -0.39 is 30.0 Å². The Hall–Kier alpha value is -1.63. The molecule has 7 heteroatoms. The number of rotatable bonds is 3. The van der Waals surface area contributed by atoms with E-state index in [-0.39, 0.29) is 24.0 Å². The molecular weight excluding hydrogens is 278 g/mol. The average Bonchev–Trinajstić information content (AvgIpc) is 2.76. The van der Waals surface area contributed by atoms with Crippen molar-refractivity contribution < 1.29 is 27.1 Å². The van der Waals surface area contributed by atoms with Crippen molar-refractivity contribution in [3.05, 3.63) is 35.1 Å². The van der Waals surface area contributed by atoms with Gasteiger partial charge in [0, 0.05) is 0 Å². The van der Waals surface area contributed by atoms with Crippen molar-refractivity contribution >= 4 is 5.97 Å². The molecule has 1 aliphatic carbocycles. The first-order valence-electron chi connectivity index (χ1n) is 5.98. The molecule has 1 aromatic carbocycles. The molecule has 0 saturated heterocycles. The lowest BCUT2D eigenvalue weighted by atomic mass is 9.91. The summed E-state index contributed by atoms with van der Waals surface area (Å²) in [5, 5.41) is 2.20. The highest BCUT2D eigenvalue weighted by Crippen LogP contribution is 2.39. The van der Waals surface area contributed by atoms with Gasteiger partial charge in [0.1, 0.15) is 11.4 Å². The Labute approximate surface area is 112 Å². The van der Waals surface area contributed by atoms with Crippen molar-refractivity contribution in [2.75, 3.05) is 13.7 Å². The molecule has 1 atom stereocenters. The topological polar surface area (TPSA) is 38.3 Å². The zero-order valence-electron chi connectivity index (χ0n) is 10.7. The fourth-order valence-corrected chi connectivity index (χ4v) is 2.55. The summed E-state index contributed by atoms with van der Waals surface area (Å²) in [6.07, 6.45) is -4.26. The minimum absolute atomic E-state index is 0.0337. The number of ether oxygens (including phenoxy) is 1. The third-order valence-corrected chi connectivity index (χ3v) is 3.45. The monoisotopic (exact) mass is 291 g/mol. The number of esters is 1. The molecule has 0 fully saturated rings. The van der Waals surface area contributed by atoms with E-state index in [0.29, 0.717) is 0 Å². The summed E-state index contributed by atoms with van der Waals surface area (Å²) in [6.45, 7) is -1.35. The second-order valence-corrected chi connectivity index (χ2v) is 4.63. The Morgan fingerprint density at radius 2 is 2.15 bits per heavy atom. The molecule has 20 heavy (non-hydrogen) atoms. The molecule has 110 valence electrons. The molecule has 3 nitrogen and oxygen atoms in total. The number of methoxy groups -OCH3 is 1. The highest BCUT2D eigenvalue weighted by Gasteiger charge is 2.48. The Kier molecular flexibility index (Phi) is 3.73. The summed E-state index contributed by atoms with van der Waals surface area (Å²) in [6, 6.07) is 4.04. The van der Waals surface area contributed by atoms with Gasteiger partial charge in [-0.3, -0.25) is 5.32 Å². The molecule has 0 spiro atoms. The van der Waals surface area contributed by atoms with Crippen LogP contribution in [0.1, 0.15) is 17.5 Å². The molecule has 2 rings (SSSR count). The van der Waals surface area contributed by atoms with Crippen LogP contribution in [0.2, 0.25) is 0 Å². The number of halogens is 4. The van der Waals surface area contributed by atoms with Crippen molar-refractivity contribution in [3.63, 3.8) is 0 Å². The predicted octanol–water partition coefficient (Wildman–Crippen LogP) is 2.29. The Bertz CT molecular complexity index is 530. The van der Waals surface area contributed by atoms with Gasteiger partial charge in [0.05, 0.1) is 13.7 Å². The Morgan fingerprint density at radius 1 is 1.45 bits per heavy atom. The standard InChI is InChI=1S/C13H13F4NO2/c1-20-11(19)12(18-7-13(15,16)17)6-5-8-9(12)3-2-4-10(8)14/h2-4,18H,5-7H2,1H3. The zero-order chi connectivity index (χ0) is 15.0. The fourth-order valence-electron chi connectivity index (χ4n) is 2.55. The number of alkyl halides is 3. The van der Waals surface area contributed by atoms with Crippen LogP contribution in [0.15, 0.2) is 18.2 Å². The van der Waals surface area contributed by atoms with Crippen LogP contribution in [0.25, 0.3) is 0 Å². The number of benzene rings is 1. The van der Waals surface area contributed by atoms with Crippen molar-refractivity contribution in [1.82, 2.24) is 5.32 Å². The van der Waals surface area contributed by atoms with E-state index in [2.05, 4.69) is 10.1 Å². The summed E-state index contributed by atoms with van der Waals surface area (Å²) >= 11 is 0. The van der Waals surface area contributed by atoms with Crippen LogP contribution in [-0.2, 0) is 21.5 Å². The van der Waals surface area contributed by atoms with Gasteiger partial charge in [-0.25, -0.2) is 9.18 Å². The second-order valence-electron chi connectivity index (χ2n) is 4.63. The smallest absolute Gasteiger partial charge is 0.401 e. The third-order valence-electron chi connectivity index (χ3n) is 3.45. The van der Waals surface area contributed by atoms with Gasteiger partial charge in [0.15, 0.2) is 0 Å². The van der Waals surface area contributed by atoms with Crippen LogP contribution < -0.4 is 5.32 Å². The summed E-state index contributed by atoms with van der Waals surface area (Å²) < 4.78 is 55.5. The number of nitrogens with one attached hydrogen (secondary N) is 1. The molecule has 0 radical (unpaired) electrons. The molecule has 1 N–H and O–H groups in total. The van der Waals surface area contributed by atoms with Crippen LogP contribution in [0, 0.1) is 5.82 Å². The van der Waals surface area contributed by atoms with Crippen molar-refractivity contribution in [2.45, 2.75) is 24.6 Å². The summed E-state index contributed by atoms with van der Waals surface area (Å²) in [7, 11) is 1.09. The Morgan fingerprint density at radius 3 is 2.75 bits per heavy atom. The van der Waals surface area contributed by atoms with Crippen LogP contribution in [0.3, 0.4) is 0 Å². The second kappa shape index (κ2) is 5.05. The average molecular weight is 291 g/mol. The first kappa shape index (κ1) is 14.8. The number of fused-ring (bicyclic) bond motifs is 1. The van der Waals surface area contributed by atoms with E-state index >= 15 is 0 Å².